The van der Waals surface area contributed by atoms with E-state index in [1.807, 2.05) is 27.7 Å². The lowest BCUT2D eigenvalue weighted by molar-refractivity contribution is -0.184. The highest BCUT2D eigenvalue weighted by atomic mass is 16.8. The van der Waals surface area contributed by atoms with Crippen molar-refractivity contribution in [2.75, 3.05) is 19.8 Å². The van der Waals surface area contributed by atoms with Crippen LogP contribution >= 0.6 is 0 Å². The van der Waals surface area contributed by atoms with Gasteiger partial charge in [-0.2, -0.15) is 0 Å². The van der Waals surface area contributed by atoms with Crippen molar-refractivity contribution in [3.05, 3.63) is 0 Å². The first-order chi connectivity index (χ1) is 10.7. The number of aliphatic hydroxyl groups is 1. The Labute approximate surface area is 139 Å². The van der Waals surface area contributed by atoms with Gasteiger partial charge in [0.25, 0.3) is 0 Å². The van der Waals surface area contributed by atoms with Crippen LogP contribution in [0.3, 0.4) is 0 Å². The minimum Gasteiger partial charge on any atom is -0.387 e. The lowest BCUT2D eigenvalue weighted by Crippen LogP contribution is -2.49. The predicted molar refractivity (Wildman–Crippen MR) is 84.9 cm³/mol. The summed E-state index contributed by atoms with van der Waals surface area (Å²) >= 11 is 0. The Hall–Kier alpha value is -0.240. The summed E-state index contributed by atoms with van der Waals surface area (Å²) < 4.78 is 28.9. The molecule has 1 N–H and O–H groups in total. The van der Waals surface area contributed by atoms with Gasteiger partial charge in [0.1, 0.15) is 24.4 Å². The van der Waals surface area contributed by atoms with Crippen LogP contribution in [-0.2, 0) is 23.7 Å². The molecule has 2 saturated heterocycles. The van der Waals surface area contributed by atoms with Gasteiger partial charge in [-0.25, -0.2) is 0 Å². The zero-order chi connectivity index (χ0) is 17.2. The summed E-state index contributed by atoms with van der Waals surface area (Å²) in [6, 6.07) is 0. The maximum absolute atomic E-state index is 10.8. The highest BCUT2D eigenvalue weighted by molar-refractivity contribution is 4.89. The summed E-state index contributed by atoms with van der Waals surface area (Å²) in [6.07, 6.45) is -2.31. The van der Waals surface area contributed by atoms with E-state index in [1.165, 1.54) is 0 Å². The molecule has 2 fully saturated rings. The lowest BCUT2D eigenvalue weighted by Gasteiger charge is -2.31. The van der Waals surface area contributed by atoms with Gasteiger partial charge in [0, 0.05) is 12.5 Å². The summed E-state index contributed by atoms with van der Waals surface area (Å²) in [5.74, 6) is -0.0557. The zero-order valence-electron chi connectivity index (χ0n) is 15.2. The highest BCUT2D eigenvalue weighted by Gasteiger charge is 2.45. The van der Waals surface area contributed by atoms with Gasteiger partial charge < -0.3 is 28.8 Å². The summed E-state index contributed by atoms with van der Waals surface area (Å²) in [5.41, 5.74) is 0. The molecule has 2 aliphatic rings. The van der Waals surface area contributed by atoms with Crippen LogP contribution < -0.4 is 0 Å². The van der Waals surface area contributed by atoms with E-state index < -0.39 is 24.1 Å². The first kappa shape index (κ1) is 19.1. The van der Waals surface area contributed by atoms with Gasteiger partial charge in [0.15, 0.2) is 12.1 Å². The smallest absolute Gasteiger partial charge is 0.163 e. The third-order valence-electron chi connectivity index (χ3n) is 4.01. The zero-order valence-corrected chi connectivity index (χ0v) is 15.2. The molecule has 0 radical (unpaired) electrons. The van der Waals surface area contributed by atoms with Crippen LogP contribution in [0.15, 0.2) is 0 Å². The SMILES string of the molecule is CC(C)COC(C1COC(C(C)C)O1)C(O)C1COC(C)(C)O1. The maximum Gasteiger partial charge on any atom is 0.163 e. The van der Waals surface area contributed by atoms with Gasteiger partial charge in [-0.05, 0) is 19.8 Å². The molecule has 5 atom stereocenters. The summed E-state index contributed by atoms with van der Waals surface area (Å²) in [6.45, 7) is 13.2. The third kappa shape index (κ3) is 5.11. The molecule has 0 amide bonds. The molecule has 5 unspecified atom stereocenters. The van der Waals surface area contributed by atoms with Crippen LogP contribution in [-0.4, -0.2) is 61.4 Å². The minimum atomic E-state index is -0.824. The molecule has 23 heavy (non-hydrogen) atoms. The van der Waals surface area contributed by atoms with Crippen molar-refractivity contribution in [2.45, 2.75) is 78.0 Å². The van der Waals surface area contributed by atoms with E-state index in [1.54, 1.807) is 0 Å². The van der Waals surface area contributed by atoms with E-state index in [4.69, 9.17) is 23.7 Å². The lowest BCUT2D eigenvalue weighted by atomic mass is 10.0. The first-order valence-electron chi connectivity index (χ1n) is 8.58. The number of rotatable bonds is 7. The van der Waals surface area contributed by atoms with E-state index in [9.17, 15) is 5.11 Å². The van der Waals surface area contributed by atoms with Gasteiger partial charge >= 0.3 is 0 Å². The largest absolute Gasteiger partial charge is 0.387 e. The molecule has 2 heterocycles. The number of hydrogen-bond acceptors (Lipinski definition) is 6. The molecular weight excluding hydrogens is 300 g/mol. The molecule has 0 aliphatic carbocycles. The predicted octanol–water partition coefficient (Wildman–Crippen LogP) is 1.94. The highest BCUT2D eigenvalue weighted by Crippen LogP contribution is 2.30. The van der Waals surface area contributed by atoms with Crippen LogP contribution in [0.4, 0.5) is 0 Å². The fourth-order valence-corrected chi connectivity index (χ4v) is 2.79. The number of hydrogen-bond donors (Lipinski definition) is 1. The summed E-state index contributed by atoms with van der Waals surface area (Å²) in [7, 11) is 0. The Balaban J connectivity index is 2.02. The van der Waals surface area contributed by atoms with E-state index in [2.05, 4.69) is 13.8 Å². The minimum absolute atomic E-state index is 0.255. The van der Waals surface area contributed by atoms with Crippen molar-refractivity contribution in [3.8, 4) is 0 Å². The quantitative estimate of drug-likeness (QED) is 0.768. The van der Waals surface area contributed by atoms with Crippen LogP contribution in [0.1, 0.15) is 41.5 Å². The van der Waals surface area contributed by atoms with Gasteiger partial charge in [-0.15, -0.1) is 0 Å². The second-order valence-corrected chi connectivity index (χ2v) is 7.67. The van der Waals surface area contributed by atoms with Crippen LogP contribution in [0.5, 0.6) is 0 Å². The molecule has 6 heteroatoms. The van der Waals surface area contributed by atoms with Crippen molar-refractivity contribution in [1.82, 2.24) is 0 Å². The average Bonchev–Trinajstić information content (AvgIpc) is 3.05. The van der Waals surface area contributed by atoms with E-state index in [0.29, 0.717) is 25.7 Å². The molecule has 0 bridgehead atoms. The van der Waals surface area contributed by atoms with Crippen LogP contribution in [0.25, 0.3) is 0 Å². The molecule has 2 rings (SSSR count). The Kier molecular flexibility index (Phi) is 6.44. The second-order valence-electron chi connectivity index (χ2n) is 7.67. The number of ether oxygens (including phenoxy) is 5. The maximum atomic E-state index is 10.8. The van der Waals surface area contributed by atoms with Crippen LogP contribution in [0.2, 0.25) is 0 Å². The van der Waals surface area contributed by atoms with Gasteiger partial charge in [-0.1, -0.05) is 27.7 Å². The molecule has 0 aromatic rings. The first-order valence-corrected chi connectivity index (χ1v) is 8.58. The van der Waals surface area contributed by atoms with Crippen molar-refractivity contribution in [3.63, 3.8) is 0 Å². The summed E-state index contributed by atoms with van der Waals surface area (Å²) in [4.78, 5) is 0. The molecule has 2 aliphatic heterocycles. The Morgan fingerprint density at radius 2 is 1.83 bits per heavy atom. The molecular formula is C17H32O6. The van der Waals surface area contributed by atoms with Crippen molar-refractivity contribution >= 4 is 0 Å². The molecule has 0 saturated carbocycles. The standard InChI is InChI=1S/C17H32O6/c1-10(2)7-19-15(13-8-20-16(22-13)11(3)4)14(18)12-9-21-17(5,6)23-12/h10-16,18H,7-9H2,1-6H3. The molecule has 0 spiro atoms. The van der Waals surface area contributed by atoms with Crippen LogP contribution in [0, 0.1) is 11.8 Å². The van der Waals surface area contributed by atoms with Crippen molar-refractivity contribution in [2.24, 2.45) is 11.8 Å². The van der Waals surface area contributed by atoms with E-state index in [0.717, 1.165) is 0 Å². The Morgan fingerprint density at radius 3 is 2.30 bits per heavy atom. The normalized spacial score (nSPS) is 33.5. The molecule has 136 valence electrons. The Morgan fingerprint density at radius 1 is 1.13 bits per heavy atom. The number of aliphatic hydroxyl groups excluding tert-OH is 1. The fraction of sp³-hybridized carbons (Fsp3) is 1.00. The monoisotopic (exact) mass is 332 g/mol. The van der Waals surface area contributed by atoms with Gasteiger partial charge in [0.2, 0.25) is 0 Å². The second kappa shape index (κ2) is 7.76. The fourth-order valence-electron chi connectivity index (χ4n) is 2.79. The van der Waals surface area contributed by atoms with E-state index >= 15 is 0 Å². The topological polar surface area (TPSA) is 66.4 Å². The third-order valence-corrected chi connectivity index (χ3v) is 4.01. The van der Waals surface area contributed by atoms with Crippen molar-refractivity contribution in [1.29, 1.82) is 0 Å². The van der Waals surface area contributed by atoms with Gasteiger partial charge in [0.05, 0.1) is 13.2 Å². The molecule has 0 aromatic carbocycles. The van der Waals surface area contributed by atoms with Gasteiger partial charge in [-0.3, -0.25) is 0 Å². The molecule has 0 aromatic heterocycles. The Bertz CT molecular complexity index is 370. The average molecular weight is 332 g/mol. The summed E-state index contributed by atoms with van der Waals surface area (Å²) in [5, 5.41) is 10.8. The van der Waals surface area contributed by atoms with E-state index in [-0.39, 0.29) is 18.3 Å². The molecule has 6 nitrogen and oxygen atoms in total. The van der Waals surface area contributed by atoms with Crippen molar-refractivity contribution < 1.29 is 28.8 Å².